The van der Waals surface area contributed by atoms with Crippen LogP contribution in [-0.4, -0.2) is 9.68 Å². The summed E-state index contributed by atoms with van der Waals surface area (Å²) in [7, 11) is 0.841. The van der Waals surface area contributed by atoms with Crippen molar-refractivity contribution < 1.29 is 0 Å². The van der Waals surface area contributed by atoms with Gasteiger partial charge in [-0.1, -0.05) is 36.4 Å². The second-order valence-corrected chi connectivity index (χ2v) is 5.66. The van der Waals surface area contributed by atoms with Crippen LogP contribution in [0, 0.1) is 13.8 Å². The van der Waals surface area contributed by atoms with Crippen LogP contribution >= 0.6 is 0 Å². The minimum atomic E-state index is 0.841. The molecule has 84 valence electrons. The Hall–Kier alpha value is -1.54. The molecule has 0 amide bonds. The van der Waals surface area contributed by atoms with E-state index in [1.807, 2.05) is 0 Å². The van der Waals surface area contributed by atoms with Gasteiger partial charge in [0.25, 0.3) is 0 Å². The van der Waals surface area contributed by atoms with Gasteiger partial charge in [0.05, 0.1) is 0 Å². The largest absolute Gasteiger partial charge is 0.369 e. The van der Waals surface area contributed by atoms with Crippen LogP contribution in [0.15, 0.2) is 42.5 Å². The van der Waals surface area contributed by atoms with Gasteiger partial charge < -0.3 is 4.57 Å². The van der Waals surface area contributed by atoms with Crippen molar-refractivity contribution in [3.63, 3.8) is 0 Å². The summed E-state index contributed by atoms with van der Waals surface area (Å²) in [5, 5.41) is 0. The van der Waals surface area contributed by atoms with E-state index in [0.717, 1.165) is 9.68 Å². The average molecular weight is 237 g/mol. The van der Waals surface area contributed by atoms with Crippen LogP contribution < -0.4 is 4.57 Å². The maximum atomic E-state index is 2.49. The van der Waals surface area contributed by atoms with Crippen molar-refractivity contribution in [2.45, 2.75) is 19.9 Å². The van der Waals surface area contributed by atoms with Crippen molar-refractivity contribution in [2.75, 3.05) is 4.57 Å². The molecule has 0 bridgehead atoms. The number of rotatable bonds is 1. The zero-order valence-electron chi connectivity index (χ0n) is 10.2. The summed E-state index contributed by atoms with van der Waals surface area (Å²) in [6.07, 6.45) is 0. The molecule has 2 heteroatoms. The average Bonchev–Trinajstić information content (AvgIpc) is 2.75. The zero-order valence-corrected chi connectivity index (χ0v) is 11.2. The molecule has 2 aromatic rings. The van der Waals surface area contributed by atoms with Crippen LogP contribution in [0.5, 0.6) is 0 Å². The van der Waals surface area contributed by atoms with Crippen LogP contribution in [0.25, 0.3) is 0 Å². The summed E-state index contributed by atoms with van der Waals surface area (Å²) in [5.74, 6) is 0. The molecule has 0 fully saturated rings. The first kappa shape index (κ1) is 10.6. The predicted molar refractivity (Wildman–Crippen MR) is 74.0 cm³/mol. The number of benzene rings is 2. The molecule has 2 radical (unpaired) electrons. The number of fused-ring (bicyclic) bond motifs is 1. The highest BCUT2D eigenvalue weighted by atomic mass is 28.2. The van der Waals surface area contributed by atoms with E-state index in [4.69, 9.17) is 0 Å². The number of aryl methyl sites for hydroxylation is 2. The van der Waals surface area contributed by atoms with Gasteiger partial charge in [-0.15, -0.1) is 0 Å². The van der Waals surface area contributed by atoms with E-state index in [2.05, 4.69) is 60.9 Å². The lowest BCUT2D eigenvalue weighted by Crippen LogP contribution is -2.18. The molecule has 0 N–H and O–H groups in total. The summed E-state index contributed by atoms with van der Waals surface area (Å²) in [5.41, 5.74) is 7.03. The first-order valence-corrected chi connectivity index (χ1v) is 7.10. The van der Waals surface area contributed by atoms with Gasteiger partial charge in [-0.05, 0) is 42.6 Å². The zero-order chi connectivity index (χ0) is 11.8. The Bertz CT molecular complexity index is 563. The molecule has 0 aliphatic carbocycles. The molecule has 0 saturated heterocycles. The molecular weight excluding hydrogens is 222 g/mol. The summed E-state index contributed by atoms with van der Waals surface area (Å²) in [4.78, 5) is 0. The molecule has 1 aliphatic heterocycles. The van der Waals surface area contributed by atoms with Gasteiger partial charge in [0, 0.05) is 11.4 Å². The van der Waals surface area contributed by atoms with Crippen LogP contribution in [0.1, 0.15) is 16.7 Å². The Kier molecular flexibility index (Phi) is 2.52. The van der Waals surface area contributed by atoms with E-state index in [1.54, 1.807) is 0 Å². The summed E-state index contributed by atoms with van der Waals surface area (Å²) < 4.78 is 2.49. The predicted octanol–water partition coefficient (Wildman–Crippen LogP) is 3.57. The van der Waals surface area contributed by atoms with Gasteiger partial charge >= 0.3 is 0 Å². The first-order valence-electron chi connectivity index (χ1n) is 5.95. The highest BCUT2D eigenvalue weighted by Gasteiger charge is 2.23. The lowest BCUT2D eigenvalue weighted by Gasteiger charge is -2.23. The maximum Gasteiger partial charge on any atom is 0.192 e. The lowest BCUT2D eigenvalue weighted by molar-refractivity contribution is 1.31. The topological polar surface area (TPSA) is 3.24 Å². The van der Waals surface area contributed by atoms with Gasteiger partial charge in [0.2, 0.25) is 0 Å². The molecule has 0 spiro atoms. The van der Waals surface area contributed by atoms with E-state index < -0.39 is 0 Å². The molecule has 3 rings (SSSR count). The number of anilines is 2. The van der Waals surface area contributed by atoms with Gasteiger partial charge in [0.15, 0.2) is 9.68 Å². The Balaban J connectivity index is 2.13. The van der Waals surface area contributed by atoms with Gasteiger partial charge in [-0.25, -0.2) is 0 Å². The Morgan fingerprint density at radius 1 is 0.941 bits per heavy atom. The molecular formula is C15H15NSi. The molecule has 0 saturated carbocycles. The Morgan fingerprint density at radius 2 is 1.71 bits per heavy atom. The fourth-order valence-electron chi connectivity index (χ4n) is 2.45. The molecule has 0 unspecified atom stereocenters. The Labute approximate surface area is 105 Å². The normalized spacial score (nSPS) is 13.9. The van der Waals surface area contributed by atoms with Crippen LogP contribution in [0.3, 0.4) is 0 Å². The fourth-order valence-corrected chi connectivity index (χ4v) is 3.96. The third kappa shape index (κ3) is 1.69. The molecule has 1 heterocycles. The maximum absolute atomic E-state index is 2.49. The van der Waals surface area contributed by atoms with E-state index in [9.17, 15) is 0 Å². The Morgan fingerprint density at radius 3 is 2.53 bits per heavy atom. The van der Waals surface area contributed by atoms with Crippen LogP contribution in [0.2, 0.25) is 0 Å². The second kappa shape index (κ2) is 4.04. The van der Waals surface area contributed by atoms with Gasteiger partial charge in [-0.3, -0.25) is 0 Å². The minimum Gasteiger partial charge on any atom is -0.369 e. The van der Waals surface area contributed by atoms with E-state index in [1.165, 1.54) is 34.1 Å². The van der Waals surface area contributed by atoms with Crippen LogP contribution in [0.4, 0.5) is 11.4 Å². The molecule has 17 heavy (non-hydrogen) atoms. The molecule has 0 atom stereocenters. The summed E-state index contributed by atoms with van der Waals surface area (Å²) >= 11 is 0. The summed E-state index contributed by atoms with van der Waals surface area (Å²) in [6, 6.07) is 16.5. The number of hydrogen-bond donors (Lipinski definition) is 0. The second-order valence-electron chi connectivity index (χ2n) is 4.54. The number of para-hydroxylation sites is 2. The van der Waals surface area contributed by atoms with E-state index in [0.29, 0.717) is 0 Å². The van der Waals surface area contributed by atoms with E-state index >= 15 is 0 Å². The standard InChI is InChI=1S/C15H15NSi/c1-11-6-3-4-9-14(11)16-15-12(2)7-5-8-13(15)10-17-16/h3-9H,10H2,1-2H3. The van der Waals surface area contributed by atoms with E-state index in [-0.39, 0.29) is 0 Å². The highest BCUT2D eigenvalue weighted by Crippen LogP contribution is 2.37. The third-order valence-corrected chi connectivity index (χ3v) is 4.65. The minimum absolute atomic E-state index is 0.841. The number of nitrogens with zero attached hydrogens (tertiary/aromatic N) is 1. The number of hydrogen-bond acceptors (Lipinski definition) is 1. The first-order chi connectivity index (χ1) is 8.27. The SMILES string of the molecule is Cc1ccccc1N1[Si]Cc2cccc(C)c21. The molecule has 1 aliphatic rings. The molecule has 1 nitrogen and oxygen atoms in total. The van der Waals surface area contributed by atoms with Crippen molar-refractivity contribution in [2.24, 2.45) is 0 Å². The highest BCUT2D eigenvalue weighted by molar-refractivity contribution is 6.46. The summed E-state index contributed by atoms with van der Waals surface area (Å²) in [6.45, 7) is 4.40. The quantitative estimate of drug-likeness (QED) is 0.685. The molecule has 2 aromatic carbocycles. The van der Waals surface area contributed by atoms with Gasteiger partial charge in [0.1, 0.15) is 0 Å². The lowest BCUT2D eigenvalue weighted by atomic mass is 10.1. The van der Waals surface area contributed by atoms with Gasteiger partial charge in [-0.2, -0.15) is 0 Å². The van der Waals surface area contributed by atoms with Crippen LogP contribution in [-0.2, 0) is 6.04 Å². The van der Waals surface area contributed by atoms with Crippen molar-refractivity contribution in [3.05, 3.63) is 59.2 Å². The van der Waals surface area contributed by atoms with Crippen molar-refractivity contribution in [1.82, 2.24) is 0 Å². The van der Waals surface area contributed by atoms with Crippen molar-refractivity contribution >= 4 is 21.1 Å². The smallest absolute Gasteiger partial charge is 0.192 e. The van der Waals surface area contributed by atoms with Crippen molar-refractivity contribution in [3.8, 4) is 0 Å². The molecule has 0 aromatic heterocycles. The monoisotopic (exact) mass is 237 g/mol. The third-order valence-electron chi connectivity index (χ3n) is 3.33. The fraction of sp³-hybridized carbons (Fsp3) is 0.200. The van der Waals surface area contributed by atoms with Crippen molar-refractivity contribution in [1.29, 1.82) is 0 Å².